The topological polar surface area (TPSA) is 78.9 Å². The zero-order valence-electron chi connectivity index (χ0n) is 45.7. The molecule has 0 saturated carbocycles. The molecule has 0 rings (SSSR count). The Kier molecular flexibility index (Phi) is 54.5. The number of carbonyl (C=O) groups excluding carboxylic acids is 3. The Hall–Kier alpha value is -4.45. The molecule has 0 aliphatic rings. The van der Waals surface area contributed by atoms with Gasteiger partial charge in [-0.15, -0.1) is 0 Å². The predicted octanol–water partition coefficient (Wildman–Crippen LogP) is 19.4. The van der Waals surface area contributed by atoms with Crippen LogP contribution in [0.5, 0.6) is 0 Å². The van der Waals surface area contributed by atoms with Gasteiger partial charge in [0.15, 0.2) is 6.10 Å². The smallest absolute Gasteiger partial charge is 0.306 e. The third-order valence-corrected chi connectivity index (χ3v) is 11.6. The maximum atomic E-state index is 12.7. The van der Waals surface area contributed by atoms with Crippen LogP contribution in [0.1, 0.15) is 239 Å². The average molecular weight is 982 g/mol. The van der Waals surface area contributed by atoms with Gasteiger partial charge in [0, 0.05) is 19.3 Å². The normalized spacial score (nSPS) is 13.1. The van der Waals surface area contributed by atoms with Crippen molar-refractivity contribution < 1.29 is 28.6 Å². The van der Waals surface area contributed by atoms with Crippen molar-refractivity contribution in [3.8, 4) is 0 Å². The summed E-state index contributed by atoms with van der Waals surface area (Å²) in [6, 6.07) is 0. The molecule has 0 aliphatic heterocycles. The van der Waals surface area contributed by atoms with Crippen LogP contribution < -0.4 is 0 Å². The van der Waals surface area contributed by atoms with Crippen molar-refractivity contribution in [3.63, 3.8) is 0 Å². The van der Waals surface area contributed by atoms with E-state index in [4.69, 9.17) is 14.2 Å². The van der Waals surface area contributed by atoms with Crippen LogP contribution in [0.15, 0.2) is 134 Å². The molecule has 6 nitrogen and oxygen atoms in total. The molecule has 0 aromatic rings. The van der Waals surface area contributed by atoms with E-state index in [9.17, 15) is 14.4 Å². The molecule has 0 amide bonds. The molecule has 1 unspecified atom stereocenters. The van der Waals surface area contributed by atoms with Gasteiger partial charge >= 0.3 is 17.9 Å². The summed E-state index contributed by atoms with van der Waals surface area (Å²) in [5, 5.41) is 0. The molecule has 1 atom stereocenters. The van der Waals surface area contributed by atoms with E-state index in [0.29, 0.717) is 19.3 Å². The van der Waals surface area contributed by atoms with Crippen molar-refractivity contribution in [2.45, 2.75) is 245 Å². The van der Waals surface area contributed by atoms with E-state index in [1.807, 2.05) is 0 Å². The van der Waals surface area contributed by atoms with Gasteiger partial charge in [-0.25, -0.2) is 0 Å². The first kappa shape index (κ1) is 66.6. The van der Waals surface area contributed by atoms with Crippen molar-refractivity contribution in [3.05, 3.63) is 134 Å². The number of rotatable bonds is 50. The summed E-state index contributed by atoms with van der Waals surface area (Å²) in [7, 11) is 0. The fourth-order valence-corrected chi connectivity index (χ4v) is 7.35. The van der Waals surface area contributed by atoms with Crippen LogP contribution >= 0.6 is 0 Å². The summed E-state index contributed by atoms with van der Waals surface area (Å²) in [6.45, 7) is 6.39. The van der Waals surface area contributed by atoms with E-state index in [1.54, 1.807) is 0 Å². The number of carbonyl (C=O) groups is 3. The summed E-state index contributed by atoms with van der Waals surface area (Å²) >= 11 is 0. The highest BCUT2D eigenvalue weighted by atomic mass is 16.6. The van der Waals surface area contributed by atoms with E-state index in [1.165, 1.54) is 51.4 Å². The summed E-state index contributed by atoms with van der Waals surface area (Å²) in [5.41, 5.74) is 0. The first-order valence-corrected chi connectivity index (χ1v) is 28.7. The second-order valence-corrected chi connectivity index (χ2v) is 18.5. The number of unbranched alkanes of at least 4 members (excludes halogenated alkanes) is 17. The molecule has 0 bridgehead atoms. The van der Waals surface area contributed by atoms with Crippen molar-refractivity contribution in [2.75, 3.05) is 13.2 Å². The third-order valence-electron chi connectivity index (χ3n) is 11.6. The number of esters is 3. The van der Waals surface area contributed by atoms with Gasteiger partial charge in [0.2, 0.25) is 0 Å². The minimum absolute atomic E-state index is 0.0921. The monoisotopic (exact) mass is 981 g/mol. The second kappa shape index (κ2) is 58.1. The first-order chi connectivity index (χ1) is 35.0. The predicted molar refractivity (Wildman–Crippen MR) is 306 cm³/mol. The fraction of sp³-hybridized carbons (Fsp3) is 0.615. The van der Waals surface area contributed by atoms with Gasteiger partial charge in [-0.1, -0.05) is 231 Å². The van der Waals surface area contributed by atoms with E-state index in [0.717, 1.165) is 148 Å². The van der Waals surface area contributed by atoms with Crippen molar-refractivity contribution >= 4 is 17.9 Å². The van der Waals surface area contributed by atoms with Gasteiger partial charge in [-0.05, 0) is 122 Å². The maximum Gasteiger partial charge on any atom is 0.306 e. The lowest BCUT2D eigenvalue weighted by molar-refractivity contribution is -0.167. The summed E-state index contributed by atoms with van der Waals surface area (Å²) in [5.74, 6) is -0.945. The molecule has 6 heteroatoms. The van der Waals surface area contributed by atoms with Gasteiger partial charge in [0.05, 0.1) is 0 Å². The molecule has 0 saturated heterocycles. The Bertz CT molecular complexity index is 1550. The molecule has 0 radical (unpaired) electrons. The standard InChI is InChI=1S/C65H104O6/c1-4-7-10-13-16-18-20-22-23-24-25-26-27-28-29-30-31-32-33-34-35-36-37-38-39-40-41-42-43-44-46-47-49-52-55-58-64(67)70-61-62(60-69-63(66)57-54-51-15-12-9-6-3)71-65(68)59-56-53-50-48-45-21-19-17-14-11-8-5-2/h7,10,16-19,22-23,25-26,28-29,31-32,34-35,37-38,40-41,43-44,62H,4-6,8-9,11-15,20-21,24,27,30,33,36,39,42,45-61H2,1-3H3/b10-7-,18-16-,19-17-,23-22-,26-25-,29-28-,32-31-,35-34-,38-37-,41-40-,44-43-. The minimum Gasteiger partial charge on any atom is -0.462 e. The zero-order valence-corrected chi connectivity index (χ0v) is 45.7. The maximum absolute atomic E-state index is 12.7. The Labute approximate surface area is 436 Å². The Morgan fingerprint density at radius 1 is 0.296 bits per heavy atom. The average Bonchev–Trinajstić information content (AvgIpc) is 3.37. The highest BCUT2D eigenvalue weighted by molar-refractivity contribution is 5.71. The van der Waals surface area contributed by atoms with Crippen LogP contribution in [0.2, 0.25) is 0 Å². The minimum atomic E-state index is -0.792. The number of hydrogen-bond acceptors (Lipinski definition) is 6. The van der Waals surface area contributed by atoms with Gasteiger partial charge in [0.1, 0.15) is 13.2 Å². The quantitative estimate of drug-likeness (QED) is 0.0262. The largest absolute Gasteiger partial charge is 0.462 e. The molecule has 0 N–H and O–H groups in total. The Balaban J connectivity index is 4.15. The molecule has 0 aliphatic carbocycles. The Morgan fingerprint density at radius 3 is 0.901 bits per heavy atom. The molecule has 71 heavy (non-hydrogen) atoms. The second-order valence-electron chi connectivity index (χ2n) is 18.5. The van der Waals surface area contributed by atoms with Crippen molar-refractivity contribution in [2.24, 2.45) is 0 Å². The van der Waals surface area contributed by atoms with Crippen LogP contribution in [0.25, 0.3) is 0 Å². The SMILES string of the molecule is CC/C=C\C/C=C\C/C=C\C/C=C\C/C=C\C/C=C\C/C=C\C/C=C\C/C=C\C/C=C\CCCCCCC(=O)OCC(COC(=O)CCCCCCCC)OC(=O)CCCCCCC/C=C\CCCCC. The molecule has 0 heterocycles. The number of hydrogen-bond donors (Lipinski definition) is 0. The number of allylic oxidation sites excluding steroid dienone is 22. The van der Waals surface area contributed by atoms with Gasteiger partial charge in [-0.2, -0.15) is 0 Å². The molecular formula is C65H104O6. The summed E-state index contributed by atoms with van der Waals surface area (Å²) < 4.78 is 16.7. The summed E-state index contributed by atoms with van der Waals surface area (Å²) in [4.78, 5) is 37.7. The van der Waals surface area contributed by atoms with Gasteiger partial charge in [0.25, 0.3) is 0 Å². The Morgan fingerprint density at radius 2 is 0.549 bits per heavy atom. The van der Waals surface area contributed by atoms with E-state index in [-0.39, 0.29) is 31.1 Å². The highest BCUT2D eigenvalue weighted by Crippen LogP contribution is 2.13. The number of ether oxygens (including phenoxy) is 3. The zero-order chi connectivity index (χ0) is 51.4. The highest BCUT2D eigenvalue weighted by Gasteiger charge is 2.19. The van der Waals surface area contributed by atoms with Crippen molar-refractivity contribution in [1.82, 2.24) is 0 Å². The molecule has 0 fully saturated rings. The van der Waals surface area contributed by atoms with E-state index in [2.05, 4.69) is 154 Å². The molecule has 0 aromatic carbocycles. The third kappa shape index (κ3) is 56.3. The van der Waals surface area contributed by atoms with Crippen LogP contribution in [0.3, 0.4) is 0 Å². The lowest BCUT2D eigenvalue weighted by Crippen LogP contribution is -2.30. The molecule has 0 aromatic heterocycles. The molecule has 400 valence electrons. The van der Waals surface area contributed by atoms with Crippen molar-refractivity contribution in [1.29, 1.82) is 0 Å². The molecule has 0 spiro atoms. The van der Waals surface area contributed by atoms with Gasteiger partial charge < -0.3 is 14.2 Å². The van der Waals surface area contributed by atoms with Crippen LogP contribution in [0.4, 0.5) is 0 Å². The van der Waals surface area contributed by atoms with Crippen LogP contribution in [-0.4, -0.2) is 37.2 Å². The lowest BCUT2D eigenvalue weighted by atomic mass is 10.1. The van der Waals surface area contributed by atoms with E-state index >= 15 is 0 Å². The van der Waals surface area contributed by atoms with E-state index < -0.39 is 6.10 Å². The lowest BCUT2D eigenvalue weighted by Gasteiger charge is -2.18. The fourth-order valence-electron chi connectivity index (χ4n) is 7.35. The molecular weight excluding hydrogens is 877 g/mol. The van der Waals surface area contributed by atoms with Crippen LogP contribution in [-0.2, 0) is 28.6 Å². The summed E-state index contributed by atoms with van der Waals surface area (Å²) in [6.07, 6.45) is 82.0. The first-order valence-electron chi connectivity index (χ1n) is 28.7. The van der Waals surface area contributed by atoms with Gasteiger partial charge in [-0.3, -0.25) is 14.4 Å². The van der Waals surface area contributed by atoms with Crippen LogP contribution in [0, 0.1) is 0 Å².